The number of nitrogens with one attached hydrogen (secondary N) is 2. The summed E-state index contributed by atoms with van der Waals surface area (Å²) in [7, 11) is 0. The molecule has 0 aromatic carbocycles. The fraction of sp³-hybridized carbons (Fsp3) is 0.737. The molecule has 1 saturated heterocycles. The minimum absolute atomic E-state index is 0.132. The SMILES string of the molecule is CCNC(=NCC(=O)N1CCCC1)NCCCc1nc2c(s1)CCCC2. The summed E-state index contributed by atoms with van der Waals surface area (Å²) in [4.78, 5) is 24.8. The van der Waals surface area contributed by atoms with Crippen molar-refractivity contribution in [2.24, 2.45) is 4.99 Å². The summed E-state index contributed by atoms with van der Waals surface area (Å²) in [6.45, 7) is 5.68. The molecule has 1 amide bonds. The minimum Gasteiger partial charge on any atom is -0.357 e. The summed E-state index contributed by atoms with van der Waals surface area (Å²) >= 11 is 1.90. The van der Waals surface area contributed by atoms with Crippen molar-refractivity contribution in [3.05, 3.63) is 15.6 Å². The number of fused-ring (bicyclic) bond motifs is 1. The minimum atomic E-state index is 0.132. The van der Waals surface area contributed by atoms with E-state index >= 15 is 0 Å². The van der Waals surface area contributed by atoms with E-state index in [1.54, 1.807) is 0 Å². The first-order valence-electron chi connectivity index (χ1n) is 10.0. The number of guanidine groups is 1. The number of carbonyl (C=O) groups excluding carboxylic acids is 1. The topological polar surface area (TPSA) is 69.6 Å². The van der Waals surface area contributed by atoms with Crippen molar-refractivity contribution in [3.8, 4) is 0 Å². The molecule has 144 valence electrons. The Bertz CT molecular complexity index is 598. The van der Waals surface area contributed by atoms with Crippen molar-refractivity contribution >= 4 is 23.2 Å². The van der Waals surface area contributed by atoms with Gasteiger partial charge >= 0.3 is 0 Å². The summed E-state index contributed by atoms with van der Waals surface area (Å²) < 4.78 is 0. The molecule has 1 aliphatic carbocycles. The first kappa shape index (κ1) is 19.1. The third-order valence-corrected chi connectivity index (χ3v) is 6.14. The molecular formula is C19H31N5OS. The van der Waals surface area contributed by atoms with Crippen LogP contribution >= 0.6 is 11.3 Å². The highest BCUT2D eigenvalue weighted by atomic mass is 32.1. The quantitative estimate of drug-likeness (QED) is 0.434. The van der Waals surface area contributed by atoms with Gasteiger partial charge in [-0.1, -0.05) is 0 Å². The monoisotopic (exact) mass is 377 g/mol. The number of aliphatic imine (C=N–C) groups is 1. The molecule has 0 spiro atoms. The molecule has 2 N–H and O–H groups in total. The maximum atomic E-state index is 12.1. The summed E-state index contributed by atoms with van der Waals surface area (Å²) in [6, 6.07) is 0. The number of amides is 1. The fourth-order valence-electron chi connectivity index (χ4n) is 3.51. The molecule has 0 radical (unpaired) electrons. The molecular weight excluding hydrogens is 346 g/mol. The van der Waals surface area contributed by atoms with Crippen LogP contribution in [-0.4, -0.2) is 54.5 Å². The van der Waals surface area contributed by atoms with Gasteiger partial charge in [-0.2, -0.15) is 0 Å². The lowest BCUT2D eigenvalue weighted by Gasteiger charge is -2.15. The van der Waals surface area contributed by atoms with Crippen LogP contribution in [0.4, 0.5) is 0 Å². The maximum Gasteiger partial charge on any atom is 0.244 e. The zero-order chi connectivity index (χ0) is 18.2. The van der Waals surface area contributed by atoms with Crippen molar-refractivity contribution in [2.45, 2.75) is 58.3 Å². The molecule has 7 heteroatoms. The lowest BCUT2D eigenvalue weighted by molar-refractivity contribution is -0.128. The molecule has 3 rings (SSSR count). The van der Waals surface area contributed by atoms with Crippen LogP contribution in [0.25, 0.3) is 0 Å². The van der Waals surface area contributed by atoms with E-state index in [1.807, 2.05) is 23.2 Å². The molecule has 1 fully saturated rings. The first-order chi connectivity index (χ1) is 12.8. The van der Waals surface area contributed by atoms with E-state index in [2.05, 4.69) is 15.6 Å². The predicted molar refractivity (Wildman–Crippen MR) is 107 cm³/mol. The van der Waals surface area contributed by atoms with Gasteiger partial charge in [0.1, 0.15) is 6.54 Å². The van der Waals surface area contributed by atoms with Gasteiger partial charge < -0.3 is 15.5 Å². The van der Waals surface area contributed by atoms with Crippen LogP contribution in [0.2, 0.25) is 0 Å². The second-order valence-corrected chi connectivity index (χ2v) is 8.17. The third-order valence-electron chi connectivity index (χ3n) is 4.93. The zero-order valence-corrected chi connectivity index (χ0v) is 16.7. The van der Waals surface area contributed by atoms with Crippen molar-refractivity contribution in [1.29, 1.82) is 0 Å². The second-order valence-electron chi connectivity index (χ2n) is 7.00. The third kappa shape index (κ3) is 5.43. The maximum absolute atomic E-state index is 12.1. The van der Waals surface area contributed by atoms with E-state index in [1.165, 1.54) is 34.8 Å². The Hall–Kier alpha value is -1.63. The van der Waals surface area contributed by atoms with E-state index in [0.29, 0.717) is 0 Å². The fourth-order valence-corrected chi connectivity index (χ4v) is 4.71. The van der Waals surface area contributed by atoms with Crippen LogP contribution in [0.15, 0.2) is 4.99 Å². The molecule has 0 atom stereocenters. The molecule has 2 heterocycles. The molecule has 1 aromatic rings. The Kier molecular flexibility index (Phi) is 7.29. The summed E-state index contributed by atoms with van der Waals surface area (Å²) in [5, 5.41) is 7.83. The van der Waals surface area contributed by atoms with Crippen LogP contribution < -0.4 is 10.6 Å². The van der Waals surface area contributed by atoms with Crippen molar-refractivity contribution in [2.75, 3.05) is 32.7 Å². The molecule has 26 heavy (non-hydrogen) atoms. The number of thiazole rings is 1. The van der Waals surface area contributed by atoms with Crippen LogP contribution in [0.3, 0.4) is 0 Å². The Morgan fingerprint density at radius 3 is 2.77 bits per heavy atom. The Morgan fingerprint density at radius 2 is 2.00 bits per heavy atom. The first-order valence-corrected chi connectivity index (χ1v) is 10.9. The largest absolute Gasteiger partial charge is 0.357 e. The number of hydrogen-bond acceptors (Lipinski definition) is 4. The molecule has 6 nitrogen and oxygen atoms in total. The summed E-state index contributed by atoms with van der Waals surface area (Å²) in [5.74, 6) is 0.867. The van der Waals surface area contributed by atoms with Gasteiger partial charge in [-0.05, 0) is 51.9 Å². The number of likely N-dealkylation sites (tertiary alicyclic amines) is 1. The normalized spacial score (nSPS) is 17.3. The van der Waals surface area contributed by atoms with Gasteiger partial charge in [-0.15, -0.1) is 11.3 Å². The van der Waals surface area contributed by atoms with Crippen molar-refractivity contribution < 1.29 is 4.79 Å². The highest BCUT2D eigenvalue weighted by molar-refractivity contribution is 7.11. The molecule has 2 aliphatic rings. The van der Waals surface area contributed by atoms with Gasteiger partial charge in [-0.25, -0.2) is 9.98 Å². The van der Waals surface area contributed by atoms with E-state index in [4.69, 9.17) is 4.98 Å². The average molecular weight is 378 g/mol. The number of carbonyl (C=O) groups is 1. The van der Waals surface area contributed by atoms with Gasteiger partial charge in [-0.3, -0.25) is 4.79 Å². The molecule has 1 aliphatic heterocycles. The smallest absolute Gasteiger partial charge is 0.244 e. The average Bonchev–Trinajstić information content (AvgIpc) is 3.32. The number of rotatable bonds is 7. The van der Waals surface area contributed by atoms with Gasteiger partial charge in [0.2, 0.25) is 5.91 Å². The standard InChI is InChI=1S/C19H31N5OS/c1-2-20-19(22-14-18(25)24-12-5-6-13-24)21-11-7-10-17-23-15-8-3-4-9-16(15)26-17/h2-14H2,1H3,(H2,20,21,22). The zero-order valence-electron chi connectivity index (χ0n) is 15.9. The number of aryl methyl sites for hydroxylation is 3. The van der Waals surface area contributed by atoms with Crippen LogP contribution in [0.1, 0.15) is 54.6 Å². The number of hydrogen-bond donors (Lipinski definition) is 2. The van der Waals surface area contributed by atoms with E-state index in [9.17, 15) is 4.79 Å². The number of aromatic nitrogens is 1. The molecule has 0 unspecified atom stereocenters. The van der Waals surface area contributed by atoms with E-state index in [0.717, 1.165) is 64.2 Å². The Balaban J connectivity index is 1.40. The predicted octanol–water partition coefficient (Wildman–Crippen LogP) is 2.13. The number of nitrogens with zero attached hydrogens (tertiary/aromatic N) is 3. The molecule has 1 aromatic heterocycles. The van der Waals surface area contributed by atoms with Gasteiger partial charge in [0.05, 0.1) is 10.7 Å². The van der Waals surface area contributed by atoms with Crippen LogP contribution in [0, 0.1) is 0 Å². The van der Waals surface area contributed by atoms with Gasteiger partial charge in [0.15, 0.2) is 5.96 Å². The van der Waals surface area contributed by atoms with Crippen molar-refractivity contribution in [1.82, 2.24) is 20.5 Å². The Labute approximate surface area is 160 Å². The van der Waals surface area contributed by atoms with Gasteiger partial charge in [0, 0.05) is 37.5 Å². The summed E-state index contributed by atoms with van der Waals surface area (Å²) in [6.07, 6.45) is 9.25. The molecule has 0 bridgehead atoms. The lowest BCUT2D eigenvalue weighted by Crippen LogP contribution is -2.39. The van der Waals surface area contributed by atoms with Crippen LogP contribution in [-0.2, 0) is 24.1 Å². The highest BCUT2D eigenvalue weighted by Crippen LogP contribution is 2.27. The lowest BCUT2D eigenvalue weighted by atomic mass is 10.0. The highest BCUT2D eigenvalue weighted by Gasteiger charge is 2.17. The second kappa shape index (κ2) is 9.90. The van der Waals surface area contributed by atoms with Crippen molar-refractivity contribution in [3.63, 3.8) is 0 Å². The van der Waals surface area contributed by atoms with Crippen LogP contribution in [0.5, 0.6) is 0 Å². The van der Waals surface area contributed by atoms with E-state index < -0.39 is 0 Å². The molecule has 0 saturated carbocycles. The Morgan fingerprint density at radius 1 is 1.19 bits per heavy atom. The van der Waals surface area contributed by atoms with E-state index in [-0.39, 0.29) is 12.5 Å². The van der Waals surface area contributed by atoms with Gasteiger partial charge in [0.25, 0.3) is 0 Å². The summed E-state index contributed by atoms with van der Waals surface area (Å²) in [5.41, 5.74) is 1.35.